The molecule has 4 heteroatoms. The number of halogens is 2. The maximum absolute atomic E-state index is 11.5. The SMILES string of the molecule is CCC(Cl)(Br)C(=O)OCc1ccccc1. The van der Waals surface area contributed by atoms with Gasteiger partial charge in [0.25, 0.3) is 0 Å². The molecule has 0 spiro atoms. The van der Waals surface area contributed by atoms with Crippen molar-refractivity contribution in [1.82, 2.24) is 0 Å². The van der Waals surface area contributed by atoms with Crippen molar-refractivity contribution in [3.05, 3.63) is 35.9 Å². The number of hydrogen-bond acceptors (Lipinski definition) is 2. The second-order valence-corrected chi connectivity index (χ2v) is 5.58. The minimum Gasteiger partial charge on any atom is -0.459 e. The molecule has 1 rings (SSSR count). The molecule has 0 N–H and O–H groups in total. The monoisotopic (exact) mass is 290 g/mol. The number of carbonyl (C=O) groups is 1. The van der Waals surface area contributed by atoms with Gasteiger partial charge in [-0.15, -0.1) is 0 Å². The lowest BCUT2D eigenvalue weighted by Gasteiger charge is -2.15. The van der Waals surface area contributed by atoms with Crippen LogP contribution >= 0.6 is 27.5 Å². The van der Waals surface area contributed by atoms with Gasteiger partial charge in [0.1, 0.15) is 6.61 Å². The second-order valence-electron chi connectivity index (χ2n) is 3.12. The van der Waals surface area contributed by atoms with Crippen LogP contribution in [0.25, 0.3) is 0 Å². The summed E-state index contributed by atoms with van der Waals surface area (Å²) in [5.74, 6) is -0.449. The third-order valence-electron chi connectivity index (χ3n) is 1.96. The van der Waals surface area contributed by atoms with Gasteiger partial charge in [-0.25, -0.2) is 4.79 Å². The molecule has 1 aromatic rings. The number of rotatable bonds is 4. The second kappa shape index (κ2) is 5.52. The molecule has 0 saturated carbocycles. The van der Waals surface area contributed by atoms with Crippen LogP contribution < -0.4 is 0 Å². The van der Waals surface area contributed by atoms with Crippen molar-refractivity contribution in [1.29, 1.82) is 0 Å². The van der Waals surface area contributed by atoms with Crippen LogP contribution in [0.3, 0.4) is 0 Å². The zero-order valence-electron chi connectivity index (χ0n) is 8.37. The first kappa shape index (κ1) is 12.5. The van der Waals surface area contributed by atoms with Gasteiger partial charge in [0.2, 0.25) is 0 Å². The van der Waals surface area contributed by atoms with E-state index < -0.39 is 9.75 Å². The molecule has 0 amide bonds. The van der Waals surface area contributed by atoms with Gasteiger partial charge >= 0.3 is 5.97 Å². The van der Waals surface area contributed by atoms with Crippen molar-refractivity contribution in [3.8, 4) is 0 Å². The average molecular weight is 292 g/mol. The summed E-state index contributed by atoms with van der Waals surface area (Å²) >= 11 is 8.99. The highest BCUT2D eigenvalue weighted by atomic mass is 79.9. The molecule has 0 aliphatic rings. The molecule has 0 aliphatic carbocycles. The molecule has 1 unspecified atom stereocenters. The number of hydrogen-bond donors (Lipinski definition) is 0. The van der Waals surface area contributed by atoms with Crippen molar-refractivity contribution < 1.29 is 9.53 Å². The smallest absolute Gasteiger partial charge is 0.338 e. The van der Waals surface area contributed by atoms with E-state index in [9.17, 15) is 4.79 Å². The third kappa shape index (κ3) is 3.84. The van der Waals surface area contributed by atoms with Crippen molar-refractivity contribution >= 4 is 33.5 Å². The van der Waals surface area contributed by atoms with Crippen LogP contribution in [0.4, 0.5) is 0 Å². The molecule has 0 bridgehead atoms. The summed E-state index contributed by atoms with van der Waals surface area (Å²) in [6.45, 7) is 2.06. The molecule has 2 nitrogen and oxygen atoms in total. The Morgan fingerprint density at radius 3 is 2.60 bits per heavy atom. The van der Waals surface area contributed by atoms with E-state index in [2.05, 4.69) is 15.9 Å². The number of esters is 1. The quantitative estimate of drug-likeness (QED) is 0.627. The van der Waals surface area contributed by atoms with E-state index in [1.54, 1.807) is 0 Å². The first-order valence-corrected chi connectivity index (χ1v) is 5.82. The minimum absolute atomic E-state index is 0.250. The van der Waals surface area contributed by atoms with Gasteiger partial charge in [0.05, 0.1) is 0 Å². The van der Waals surface area contributed by atoms with Crippen LogP contribution in [0, 0.1) is 0 Å². The molecule has 0 aliphatic heterocycles. The Balaban J connectivity index is 2.48. The molecular formula is C11H12BrClO2. The molecule has 0 aromatic heterocycles. The molecule has 0 heterocycles. The first-order chi connectivity index (χ1) is 7.06. The van der Waals surface area contributed by atoms with Crippen LogP contribution in [0.1, 0.15) is 18.9 Å². The topological polar surface area (TPSA) is 26.3 Å². The van der Waals surface area contributed by atoms with E-state index in [0.29, 0.717) is 6.42 Å². The molecule has 0 radical (unpaired) electrons. The largest absolute Gasteiger partial charge is 0.459 e. The molecule has 1 aromatic carbocycles. The fourth-order valence-electron chi connectivity index (χ4n) is 0.973. The van der Waals surface area contributed by atoms with Crippen molar-refractivity contribution in [3.63, 3.8) is 0 Å². The lowest BCUT2D eigenvalue weighted by atomic mass is 10.2. The van der Waals surface area contributed by atoms with E-state index in [1.165, 1.54) is 0 Å². The standard InChI is InChI=1S/C11H12BrClO2/c1-2-11(12,13)10(14)15-8-9-6-4-3-5-7-9/h3-7H,2,8H2,1H3. The van der Waals surface area contributed by atoms with E-state index in [4.69, 9.17) is 16.3 Å². The number of alkyl halides is 2. The highest BCUT2D eigenvalue weighted by Crippen LogP contribution is 2.29. The van der Waals surface area contributed by atoms with E-state index in [1.807, 2.05) is 37.3 Å². The Labute approximate surface area is 103 Å². The van der Waals surface area contributed by atoms with Crippen LogP contribution in [-0.2, 0) is 16.1 Å². The number of ether oxygens (including phenoxy) is 1. The van der Waals surface area contributed by atoms with Crippen molar-refractivity contribution in [2.24, 2.45) is 0 Å². The molecule has 15 heavy (non-hydrogen) atoms. The highest BCUT2D eigenvalue weighted by Gasteiger charge is 2.32. The lowest BCUT2D eigenvalue weighted by molar-refractivity contribution is -0.145. The normalized spacial score (nSPS) is 14.3. The molecular weight excluding hydrogens is 279 g/mol. The zero-order chi connectivity index (χ0) is 11.3. The minimum atomic E-state index is -1.10. The van der Waals surface area contributed by atoms with Crippen LogP contribution in [0.15, 0.2) is 30.3 Å². The van der Waals surface area contributed by atoms with Crippen LogP contribution in [0.5, 0.6) is 0 Å². The van der Waals surface area contributed by atoms with Crippen LogP contribution in [0.2, 0.25) is 0 Å². The predicted octanol–water partition coefficient (Wildman–Crippen LogP) is 3.47. The summed E-state index contributed by atoms with van der Waals surface area (Å²) in [4.78, 5) is 11.5. The Morgan fingerprint density at radius 1 is 1.47 bits per heavy atom. The Bertz CT molecular complexity index is 325. The van der Waals surface area contributed by atoms with E-state index in [0.717, 1.165) is 5.56 Å². The van der Waals surface area contributed by atoms with Gasteiger partial charge in [-0.2, -0.15) is 0 Å². The molecule has 0 fully saturated rings. The van der Waals surface area contributed by atoms with Gasteiger partial charge < -0.3 is 4.74 Å². The maximum atomic E-state index is 11.5. The Kier molecular flexibility index (Phi) is 4.61. The third-order valence-corrected chi connectivity index (χ3v) is 3.26. The number of benzene rings is 1. The van der Waals surface area contributed by atoms with Gasteiger partial charge in [-0.3, -0.25) is 0 Å². The lowest BCUT2D eigenvalue weighted by Crippen LogP contribution is -2.26. The maximum Gasteiger partial charge on any atom is 0.338 e. The van der Waals surface area contributed by atoms with Gasteiger partial charge in [-0.05, 0) is 12.0 Å². The predicted molar refractivity (Wildman–Crippen MR) is 64.0 cm³/mol. The summed E-state index contributed by atoms with van der Waals surface area (Å²) < 4.78 is 3.97. The molecule has 1 atom stereocenters. The van der Waals surface area contributed by atoms with Crippen molar-refractivity contribution in [2.75, 3.05) is 0 Å². The van der Waals surface area contributed by atoms with Gasteiger partial charge in [0, 0.05) is 0 Å². The van der Waals surface area contributed by atoms with Gasteiger partial charge in [-0.1, -0.05) is 64.8 Å². The van der Waals surface area contributed by atoms with E-state index in [-0.39, 0.29) is 6.61 Å². The first-order valence-electron chi connectivity index (χ1n) is 4.65. The summed E-state index contributed by atoms with van der Waals surface area (Å²) in [6.07, 6.45) is 0.474. The Morgan fingerprint density at radius 2 is 2.07 bits per heavy atom. The van der Waals surface area contributed by atoms with Crippen LogP contribution in [-0.4, -0.2) is 9.75 Å². The summed E-state index contributed by atoms with van der Waals surface area (Å²) in [7, 11) is 0. The molecule has 82 valence electrons. The fraction of sp³-hybridized carbons (Fsp3) is 0.364. The Hall–Kier alpha value is -0.540. The molecule has 0 saturated heterocycles. The number of carbonyl (C=O) groups excluding carboxylic acids is 1. The van der Waals surface area contributed by atoms with E-state index >= 15 is 0 Å². The summed E-state index contributed by atoms with van der Waals surface area (Å²) in [5, 5.41) is 0. The fourth-order valence-corrected chi connectivity index (χ4v) is 1.14. The summed E-state index contributed by atoms with van der Waals surface area (Å²) in [5.41, 5.74) is 0.946. The van der Waals surface area contributed by atoms with Crippen molar-refractivity contribution in [2.45, 2.75) is 23.7 Å². The van der Waals surface area contributed by atoms with Gasteiger partial charge in [0.15, 0.2) is 3.78 Å². The average Bonchev–Trinajstić information content (AvgIpc) is 2.27. The zero-order valence-corrected chi connectivity index (χ0v) is 10.7. The highest BCUT2D eigenvalue weighted by molar-refractivity contribution is 9.10. The summed E-state index contributed by atoms with van der Waals surface area (Å²) in [6, 6.07) is 9.48.